The van der Waals surface area contributed by atoms with E-state index in [0.29, 0.717) is 27.8 Å². The number of benzene rings is 2. The lowest BCUT2D eigenvalue weighted by atomic mass is 10.3. The van der Waals surface area contributed by atoms with Crippen molar-refractivity contribution in [3.63, 3.8) is 0 Å². The standard InChI is InChI=1S/C17H13F3N2O3S/c18-17(19,20)10-26-14-8-4-1-5-11(14)21-15(23)9-22-12-6-2-3-7-13(12)25-16(22)24/h1-8H,9-10H2,(H,21,23). The summed E-state index contributed by atoms with van der Waals surface area (Å²) in [6, 6.07) is 12.8. The molecule has 0 aliphatic carbocycles. The van der Waals surface area contributed by atoms with Crippen LogP contribution in [0.1, 0.15) is 0 Å². The van der Waals surface area contributed by atoms with Crippen molar-refractivity contribution in [1.82, 2.24) is 4.57 Å². The smallest absolute Gasteiger partial charge is 0.408 e. The summed E-state index contributed by atoms with van der Waals surface area (Å²) in [6.45, 7) is -0.311. The van der Waals surface area contributed by atoms with Crippen molar-refractivity contribution in [1.29, 1.82) is 0 Å². The van der Waals surface area contributed by atoms with Gasteiger partial charge in [0.2, 0.25) is 5.91 Å². The first kappa shape index (κ1) is 18.1. The number of para-hydroxylation sites is 3. The van der Waals surface area contributed by atoms with Gasteiger partial charge in [-0.2, -0.15) is 13.2 Å². The molecule has 0 fully saturated rings. The van der Waals surface area contributed by atoms with Gasteiger partial charge in [0.15, 0.2) is 5.58 Å². The summed E-state index contributed by atoms with van der Waals surface area (Å²) in [4.78, 5) is 24.5. The fourth-order valence-corrected chi connectivity index (χ4v) is 3.12. The normalized spacial score (nSPS) is 11.7. The lowest BCUT2D eigenvalue weighted by Crippen LogP contribution is -2.25. The van der Waals surface area contributed by atoms with Crippen LogP contribution in [-0.2, 0) is 11.3 Å². The Morgan fingerprint density at radius 2 is 1.81 bits per heavy atom. The number of anilines is 1. The second-order valence-corrected chi connectivity index (χ2v) is 6.39. The Morgan fingerprint density at radius 1 is 1.12 bits per heavy atom. The molecule has 5 nitrogen and oxygen atoms in total. The van der Waals surface area contributed by atoms with Crippen molar-refractivity contribution in [2.75, 3.05) is 11.1 Å². The predicted molar refractivity (Wildman–Crippen MR) is 92.3 cm³/mol. The molecule has 0 unspecified atom stereocenters. The van der Waals surface area contributed by atoms with Crippen LogP contribution in [0.15, 0.2) is 62.6 Å². The molecule has 0 radical (unpaired) electrons. The van der Waals surface area contributed by atoms with Gasteiger partial charge in [-0.05, 0) is 24.3 Å². The molecular weight excluding hydrogens is 369 g/mol. The van der Waals surface area contributed by atoms with Gasteiger partial charge in [0, 0.05) is 4.90 Å². The minimum absolute atomic E-state index is 0.257. The summed E-state index contributed by atoms with van der Waals surface area (Å²) in [6.07, 6.45) is -4.31. The summed E-state index contributed by atoms with van der Waals surface area (Å²) in [5, 5.41) is 2.55. The van der Waals surface area contributed by atoms with Crippen molar-refractivity contribution in [3.8, 4) is 0 Å². The Labute approximate surface area is 149 Å². The number of oxazole rings is 1. The summed E-state index contributed by atoms with van der Waals surface area (Å²) in [7, 11) is 0. The molecule has 9 heteroatoms. The number of carbonyl (C=O) groups excluding carboxylic acids is 1. The highest BCUT2D eigenvalue weighted by Gasteiger charge is 2.27. The fraction of sp³-hybridized carbons (Fsp3) is 0.176. The number of hydrogen-bond donors (Lipinski definition) is 1. The molecule has 1 heterocycles. The van der Waals surface area contributed by atoms with Crippen LogP contribution in [0.4, 0.5) is 18.9 Å². The molecule has 3 aromatic rings. The van der Waals surface area contributed by atoms with E-state index in [1.165, 1.54) is 12.1 Å². The lowest BCUT2D eigenvalue weighted by Gasteiger charge is -2.12. The van der Waals surface area contributed by atoms with Gasteiger partial charge < -0.3 is 9.73 Å². The zero-order valence-electron chi connectivity index (χ0n) is 13.2. The number of aromatic nitrogens is 1. The quantitative estimate of drug-likeness (QED) is 0.680. The summed E-state index contributed by atoms with van der Waals surface area (Å²) >= 11 is 0.583. The van der Waals surface area contributed by atoms with E-state index < -0.39 is 23.6 Å². The van der Waals surface area contributed by atoms with E-state index in [0.717, 1.165) is 4.57 Å². The van der Waals surface area contributed by atoms with Crippen LogP contribution in [-0.4, -0.2) is 22.4 Å². The van der Waals surface area contributed by atoms with Crippen LogP contribution in [0.25, 0.3) is 11.1 Å². The number of thioether (sulfide) groups is 1. The third-order valence-electron chi connectivity index (χ3n) is 3.43. The van der Waals surface area contributed by atoms with E-state index in [1.807, 2.05) is 0 Å². The molecule has 0 bridgehead atoms. The van der Waals surface area contributed by atoms with Crippen LogP contribution in [0, 0.1) is 0 Å². The highest BCUT2D eigenvalue weighted by Crippen LogP contribution is 2.32. The number of carbonyl (C=O) groups is 1. The molecule has 3 rings (SSSR count). The third-order valence-corrected chi connectivity index (χ3v) is 4.57. The van der Waals surface area contributed by atoms with E-state index in [-0.39, 0.29) is 12.2 Å². The van der Waals surface area contributed by atoms with E-state index in [9.17, 15) is 22.8 Å². The maximum atomic E-state index is 12.4. The van der Waals surface area contributed by atoms with Crippen LogP contribution < -0.4 is 11.1 Å². The number of fused-ring (bicyclic) bond motifs is 1. The summed E-state index contributed by atoms with van der Waals surface area (Å²) < 4.78 is 43.5. The first-order valence-electron chi connectivity index (χ1n) is 7.50. The molecule has 1 aromatic heterocycles. The van der Waals surface area contributed by atoms with Gasteiger partial charge in [-0.1, -0.05) is 24.3 Å². The molecule has 26 heavy (non-hydrogen) atoms. The number of nitrogens with one attached hydrogen (secondary N) is 1. The largest absolute Gasteiger partial charge is 0.420 e. The predicted octanol–water partition coefficient (Wildman–Crippen LogP) is 3.89. The van der Waals surface area contributed by atoms with Crippen molar-refractivity contribution >= 4 is 34.5 Å². The Kier molecular flexibility index (Phi) is 5.08. The van der Waals surface area contributed by atoms with Crippen molar-refractivity contribution in [2.24, 2.45) is 0 Å². The molecule has 1 amide bonds. The molecular formula is C17H13F3N2O3S. The first-order chi connectivity index (χ1) is 12.3. The summed E-state index contributed by atoms with van der Waals surface area (Å²) in [5.74, 6) is -2.29. The molecule has 2 aromatic carbocycles. The van der Waals surface area contributed by atoms with Gasteiger partial charge in [0.1, 0.15) is 6.54 Å². The number of nitrogens with zero attached hydrogens (tertiary/aromatic N) is 1. The zero-order valence-corrected chi connectivity index (χ0v) is 14.1. The van der Waals surface area contributed by atoms with E-state index in [1.54, 1.807) is 36.4 Å². The number of alkyl halides is 3. The second kappa shape index (κ2) is 7.28. The average Bonchev–Trinajstić information content (AvgIpc) is 2.89. The minimum Gasteiger partial charge on any atom is -0.408 e. The van der Waals surface area contributed by atoms with Gasteiger partial charge in [0.25, 0.3) is 0 Å². The Balaban J connectivity index is 1.76. The van der Waals surface area contributed by atoms with Crippen LogP contribution >= 0.6 is 11.8 Å². The SMILES string of the molecule is O=C(Cn1c(=O)oc2ccccc21)Nc1ccccc1SCC(F)(F)F. The molecule has 136 valence electrons. The number of amides is 1. The maximum Gasteiger partial charge on any atom is 0.420 e. The molecule has 0 spiro atoms. The van der Waals surface area contributed by atoms with Gasteiger partial charge in [-0.15, -0.1) is 11.8 Å². The average molecular weight is 382 g/mol. The van der Waals surface area contributed by atoms with Gasteiger partial charge in [0.05, 0.1) is 17.0 Å². The highest BCUT2D eigenvalue weighted by molar-refractivity contribution is 7.99. The topological polar surface area (TPSA) is 64.2 Å². The zero-order chi connectivity index (χ0) is 18.7. The van der Waals surface area contributed by atoms with Gasteiger partial charge >= 0.3 is 11.9 Å². The number of halogens is 3. The van der Waals surface area contributed by atoms with Gasteiger partial charge in [-0.3, -0.25) is 9.36 Å². The molecule has 0 saturated carbocycles. The number of rotatable bonds is 5. The lowest BCUT2D eigenvalue weighted by molar-refractivity contribution is -0.116. The first-order valence-corrected chi connectivity index (χ1v) is 8.49. The monoisotopic (exact) mass is 382 g/mol. The molecule has 0 aliphatic rings. The molecule has 0 saturated heterocycles. The highest BCUT2D eigenvalue weighted by atomic mass is 32.2. The van der Waals surface area contributed by atoms with Crippen LogP contribution in [0.2, 0.25) is 0 Å². The van der Waals surface area contributed by atoms with Gasteiger partial charge in [-0.25, -0.2) is 4.79 Å². The van der Waals surface area contributed by atoms with Crippen molar-refractivity contribution in [3.05, 3.63) is 59.1 Å². The Morgan fingerprint density at radius 3 is 2.58 bits per heavy atom. The van der Waals surface area contributed by atoms with Crippen LogP contribution in [0.5, 0.6) is 0 Å². The minimum atomic E-state index is -4.31. The van der Waals surface area contributed by atoms with E-state index in [4.69, 9.17) is 4.42 Å². The fourth-order valence-electron chi connectivity index (χ4n) is 2.35. The molecule has 1 N–H and O–H groups in total. The maximum absolute atomic E-state index is 12.4. The molecule has 0 aliphatic heterocycles. The van der Waals surface area contributed by atoms with E-state index in [2.05, 4.69) is 5.32 Å². The second-order valence-electron chi connectivity index (χ2n) is 5.37. The number of hydrogen-bond acceptors (Lipinski definition) is 4. The third kappa shape index (κ3) is 4.29. The van der Waals surface area contributed by atoms with Crippen molar-refractivity contribution in [2.45, 2.75) is 17.6 Å². The summed E-state index contributed by atoms with van der Waals surface area (Å²) in [5.41, 5.74) is 1.08. The molecule has 0 atom stereocenters. The van der Waals surface area contributed by atoms with E-state index >= 15 is 0 Å². The Hall–Kier alpha value is -2.68. The Bertz CT molecular complexity index is 995. The van der Waals surface area contributed by atoms with Crippen molar-refractivity contribution < 1.29 is 22.4 Å². The van der Waals surface area contributed by atoms with Crippen LogP contribution in [0.3, 0.4) is 0 Å².